The Morgan fingerprint density at radius 2 is 2.14 bits per heavy atom. The molecule has 0 aromatic carbocycles. The van der Waals surface area contributed by atoms with Gasteiger partial charge in [0.05, 0.1) is 12.1 Å². The van der Waals surface area contributed by atoms with Crippen molar-refractivity contribution in [3.63, 3.8) is 0 Å². The molecule has 0 spiro atoms. The summed E-state index contributed by atoms with van der Waals surface area (Å²) in [6.45, 7) is 6.56. The fraction of sp³-hybridized carbons (Fsp3) is 0.733. The minimum absolute atomic E-state index is 0.0417. The van der Waals surface area contributed by atoms with Crippen LogP contribution in [0.1, 0.15) is 18.4 Å². The van der Waals surface area contributed by atoms with Gasteiger partial charge in [-0.15, -0.1) is 0 Å². The molecular weight excluding hydrogens is 266 g/mol. The molecule has 6 heteroatoms. The number of piperazine rings is 1. The highest BCUT2D eigenvalue weighted by Crippen LogP contribution is 2.30. The maximum Gasteiger partial charge on any atom is 0.227 e. The lowest BCUT2D eigenvalue weighted by molar-refractivity contribution is -0.139. The average Bonchev–Trinajstić information content (AvgIpc) is 3.06. The van der Waals surface area contributed by atoms with Gasteiger partial charge < -0.3 is 15.1 Å². The van der Waals surface area contributed by atoms with E-state index in [9.17, 15) is 4.79 Å². The van der Waals surface area contributed by atoms with Crippen LogP contribution < -0.4 is 5.32 Å². The molecule has 21 heavy (non-hydrogen) atoms. The molecule has 1 aromatic heterocycles. The first-order chi connectivity index (χ1) is 10.1. The summed E-state index contributed by atoms with van der Waals surface area (Å²) in [4.78, 5) is 17.3. The van der Waals surface area contributed by atoms with Gasteiger partial charge in [0.15, 0.2) is 0 Å². The number of carbonyl (C=O) groups excluding carboxylic acids is 1. The van der Waals surface area contributed by atoms with E-state index in [1.54, 1.807) is 0 Å². The highest BCUT2D eigenvalue weighted by molar-refractivity contribution is 5.81. The predicted molar refractivity (Wildman–Crippen MR) is 81.0 cm³/mol. The Hall–Kier alpha value is -1.40. The van der Waals surface area contributed by atoms with Crippen molar-refractivity contribution in [3.8, 4) is 0 Å². The van der Waals surface area contributed by atoms with E-state index >= 15 is 0 Å². The molecule has 0 aliphatic carbocycles. The lowest BCUT2D eigenvalue weighted by atomic mass is 9.89. The van der Waals surface area contributed by atoms with Gasteiger partial charge in [0.25, 0.3) is 0 Å². The summed E-state index contributed by atoms with van der Waals surface area (Å²) in [5.74, 6) is 0.590. The molecular formula is C15H25N5O. The lowest BCUT2D eigenvalue weighted by Gasteiger charge is -2.40. The number of hydrogen-bond donors (Lipinski definition) is 1. The van der Waals surface area contributed by atoms with Crippen LogP contribution in [0.25, 0.3) is 0 Å². The maximum absolute atomic E-state index is 12.9. The Labute approximate surface area is 126 Å². The molecule has 116 valence electrons. The first-order valence-corrected chi connectivity index (χ1v) is 7.74. The van der Waals surface area contributed by atoms with E-state index in [0.717, 1.165) is 32.7 Å². The summed E-state index contributed by atoms with van der Waals surface area (Å²) in [7, 11) is 4.04. The topological polar surface area (TPSA) is 53.4 Å². The molecule has 0 radical (unpaired) electrons. The molecule has 1 unspecified atom stereocenters. The summed E-state index contributed by atoms with van der Waals surface area (Å²) in [5, 5.41) is 7.63. The standard InChI is InChI=1S/C15H25N5O/c1-11-9-18(2)4-5-20(11)15(21)14-8-16-7-13(14)12-6-17-19(3)10-12/h6,10-11,13-14,16H,4-5,7-9H2,1-3H3/t11?,13-,14+/m1/s1. The highest BCUT2D eigenvalue weighted by Gasteiger charge is 2.39. The predicted octanol–water partition coefficient (Wildman–Crippen LogP) is -0.114. The number of aryl methyl sites for hydroxylation is 1. The third-order valence-corrected chi connectivity index (χ3v) is 4.80. The molecule has 1 aromatic rings. The van der Waals surface area contributed by atoms with Crippen molar-refractivity contribution >= 4 is 5.91 Å². The van der Waals surface area contributed by atoms with Crippen LogP contribution >= 0.6 is 0 Å². The average molecular weight is 291 g/mol. The Bertz CT molecular complexity index is 514. The van der Waals surface area contributed by atoms with Crippen molar-refractivity contribution < 1.29 is 4.79 Å². The maximum atomic E-state index is 12.9. The van der Waals surface area contributed by atoms with Gasteiger partial charge in [-0.25, -0.2) is 0 Å². The van der Waals surface area contributed by atoms with Crippen molar-refractivity contribution in [1.29, 1.82) is 0 Å². The van der Waals surface area contributed by atoms with Crippen LogP contribution in [0.5, 0.6) is 0 Å². The van der Waals surface area contributed by atoms with Crippen LogP contribution in [0.3, 0.4) is 0 Å². The number of rotatable bonds is 2. The van der Waals surface area contributed by atoms with Gasteiger partial charge in [0.1, 0.15) is 0 Å². The van der Waals surface area contributed by atoms with Gasteiger partial charge in [-0.1, -0.05) is 0 Å². The van der Waals surface area contributed by atoms with Crippen molar-refractivity contribution in [2.24, 2.45) is 13.0 Å². The summed E-state index contributed by atoms with van der Waals surface area (Å²) in [5.41, 5.74) is 1.17. The number of aromatic nitrogens is 2. The van der Waals surface area contributed by atoms with E-state index in [1.807, 2.05) is 24.1 Å². The van der Waals surface area contributed by atoms with E-state index in [0.29, 0.717) is 11.9 Å². The summed E-state index contributed by atoms with van der Waals surface area (Å²) >= 11 is 0. The molecule has 6 nitrogen and oxygen atoms in total. The molecule has 2 aliphatic heterocycles. The van der Waals surface area contributed by atoms with E-state index < -0.39 is 0 Å². The molecule has 3 rings (SSSR count). The van der Waals surface area contributed by atoms with Gasteiger partial charge in [0, 0.05) is 57.9 Å². The van der Waals surface area contributed by atoms with Crippen LogP contribution in [0.4, 0.5) is 0 Å². The van der Waals surface area contributed by atoms with Crippen LogP contribution in [0.15, 0.2) is 12.4 Å². The SMILES string of the molecule is CC1CN(C)CCN1C(=O)[C@H]1CNC[C@@H]1c1cnn(C)c1. The smallest absolute Gasteiger partial charge is 0.227 e. The van der Waals surface area contributed by atoms with Gasteiger partial charge in [0.2, 0.25) is 5.91 Å². The molecule has 3 heterocycles. The second-order valence-electron chi connectivity index (χ2n) is 6.46. The molecule has 2 saturated heterocycles. The quantitative estimate of drug-likeness (QED) is 0.826. The number of carbonyl (C=O) groups is 1. The largest absolute Gasteiger partial charge is 0.337 e. The normalized spacial score (nSPS) is 30.8. The monoisotopic (exact) mass is 291 g/mol. The van der Waals surface area contributed by atoms with E-state index in [2.05, 4.69) is 34.2 Å². The molecule has 2 fully saturated rings. The zero-order chi connectivity index (χ0) is 15.0. The first kappa shape index (κ1) is 14.5. The Morgan fingerprint density at radius 1 is 1.33 bits per heavy atom. The van der Waals surface area contributed by atoms with E-state index in [4.69, 9.17) is 0 Å². The zero-order valence-electron chi connectivity index (χ0n) is 13.1. The number of hydrogen-bond acceptors (Lipinski definition) is 4. The minimum Gasteiger partial charge on any atom is -0.337 e. The molecule has 1 amide bonds. The molecule has 2 aliphatic rings. The minimum atomic E-state index is 0.0417. The third-order valence-electron chi connectivity index (χ3n) is 4.80. The fourth-order valence-electron chi connectivity index (χ4n) is 3.60. The number of nitrogens with zero attached hydrogens (tertiary/aromatic N) is 4. The van der Waals surface area contributed by atoms with Gasteiger partial charge in [-0.05, 0) is 19.5 Å². The van der Waals surface area contributed by atoms with Crippen molar-refractivity contribution in [2.45, 2.75) is 18.9 Å². The summed E-state index contributed by atoms with van der Waals surface area (Å²) < 4.78 is 1.81. The van der Waals surface area contributed by atoms with Gasteiger partial charge in [-0.2, -0.15) is 5.10 Å². The van der Waals surface area contributed by atoms with Gasteiger partial charge in [-0.3, -0.25) is 9.48 Å². The van der Waals surface area contributed by atoms with Crippen LogP contribution in [0, 0.1) is 5.92 Å². The van der Waals surface area contributed by atoms with Gasteiger partial charge >= 0.3 is 0 Å². The van der Waals surface area contributed by atoms with E-state index in [1.165, 1.54) is 5.56 Å². The second-order valence-corrected chi connectivity index (χ2v) is 6.46. The van der Waals surface area contributed by atoms with Crippen LogP contribution in [0.2, 0.25) is 0 Å². The number of likely N-dealkylation sites (N-methyl/N-ethyl adjacent to an activating group) is 1. The Balaban J connectivity index is 1.74. The Kier molecular flexibility index (Phi) is 3.99. The Morgan fingerprint density at radius 3 is 2.81 bits per heavy atom. The third kappa shape index (κ3) is 2.82. The molecule has 3 atom stereocenters. The molecule has 1 N–H and O–H groups in total. The van der Waals surface area contributed by atoms with Crippen LogP contribution in [-0.4, -0.2) is 71.3 Å². The fourth-order valence-corrected chi connectivity index (χ4v) is 3.60. The van der Waals surface area contributed by atoms with Crippen molar-refractivity contribution in [2.75, 3.05) is 39.8 Å². The van der Waals surface area contributed by atoms with Crippen molar-refractivity contribution in [3.05, 3.63) is 18.0 Å². The van der Waals surface area contributed by atoms with Crippen LogP contribution in [-0.2, 0) is 11.8 Å². The summed E-state index contributed by atoms with van der Waals surface area (Å²) in [6, 6.07) is 0.298. The molecule has 0 saturated carbocycles. The highest BCUT2D eigenvalue weighted by atomic mass is 16.2. The zero-order valence-corrected chi connectivity index (χ0v) is 13.1. The number of amides is 1. The van der Waals surface area contributed by atoms with E-state index in [-0.39, 0.29) is 11.8 Å². The lowest BCUT2D eigenvalue weighted by Crippen LogP contribution is -2.54. The first-order valence-electron chi connectivity index (χ1n) is 7.74. The second kappa shape index (κ2) is 5.77. The summed E-state index contributed by atoms with van der Waals surface area (Å²) in [6.07, 6.45) is 3.93. The molecule has 0 bridgehead atoms. The number of nitrogens with one attached hydrogen (secondary N) is 1. The van der Waals surface area contributed by atoms with Crippen molar-refractivity contribution in [1.82, 2.24) is 24.9 Å².